The van der Waals surface area contributed by atoms with Gasteiger partial charge in [-0.15, -0.1) is 0 Å². The molecule has 2 rings (SSSR count). The number of hydrogen-bond acceptors (Lipinski definition) is 5. The molecule has 0 fully saturated rings. The molecule has 2 amide bonds. The molecular weight excluding hydrogens is 346 g/mol. The van der Waals surface area contributed by atoms with Crippen LogP contribution in [0.2, 0.25) is 0 Å². The minimum atomic E-state index is -0.376. The van der Waals surface area contributed by atoms with E-state index >= 15 is 0 Å². The molecule has 27 heavy (non-hydrogen) atoms. The summed E-state index contributed by atoms with van der Waals surface area (Å²) >= 11 is 0. The second kappa shape index (κ2) is 9.96. The topological polar surface area (TPSA) is 96.5 Å². The molecule has 2 aromatic rings. The van der Waals surface area contributed by atoms with Gasteiger partial charge in [0.15, 0.2) is 0 Å². The molecule has 0 unspecified atom stereocenters. The van der Waals surface area contributed by atoms with Gasteiger partial charge in [0.2, 0.25) is 11.8 Å². The normalized spacial score (nSPS) is 10.0. The summed E-state index contributed by atoms with van der Waals surface area (Å²) in [5.74, 6) is -0.735. The number of rotatable bonds is 8. The van der Waals surface area contributed by atoms with Crippen molar-refractivity contribution in [3.05, 3.63) is 54.1 Å². The van der Waals surface area contributed by atoms with Crippen LogP contribution >= 0.6 is 0 Å². The largest absolute Gasteiger partial charge is 0.462 e. The minimum Gasteiger partial charge on any atom is -0.462 e. The van der Waals surface area contributed by atoms with Gasteiger partial charge in [-0.3, -0.25) is 9.59 Å². The lowest BCUT2D eigenvalue weighted by Crippen LogP contribution is -2.21. The van der Waals surface area contributed by atoms with Crippen LogP contribution in [0, 0.1) is 0 Å². The molecule has 3 N–H and O–H groups in total. The first-order chi connectivity index (χ1) is 13.0. The highest BCUT2D eigenvalue weighted by molar-refractivity contribution is 5.95. The van der Waals surface area contributed by atoms with Gasteiger partial charge in [0, 0.05) is 24.0 Å². The third kappa shape index (κ3) is 6.81. The number of benzene rings is 2. The predicted octanol–water partition coefficient (Wildman–Crippen LogP) is 3.26. The van der Waals surface area contributed by atoms with Gasteiger partial charge in [0.1, 0.15) is 0 Å². The summed E-state index contributed by atoms with van der Waals surface area (Å²) in [7, 11) is 0. The molecule has 0 saturated carbocycles. The average Bonchev–Trinajstić information content (AvgIpc) is 2.65. The van der Waals surface area contributed by atoms with E-state index < -0.39 is 0 Å². The van der Waals surface area contributed by atoms with Crippen molar-refractivity contribution >= 4 is 34.8 Å². The highest BCUT2D eigenvalue weighted by atomic mass is 16.5. The zero-order valence-electron chi connectivity index (χ0n) is 15.4. The summed E-state index contributed by atoms with van der Waals surface area (Å²) in [6.45, 7) is 3.84. The van der Waals surface area contributed by atoms with Crippen LogP contribution < -0.4 is 16.0 Å². The monoisotopic (exact) mass is 369 g/mol. The standard InChI is InChI=1S/C20H23N3O4/c1-3-12-27-20(26)15-4-6-18(7-5-15)23-19(25)13-21-16-8-10-17(11-9-16)22-14(2)24/h4-11,21H,3,12-13H2,1-2H3,(H,22,24)(H,23,25). The summed E-state index contributed by atoms with van der Waals surface area (Å²) in [6.07, 6.45) is 0.767. The summed E-state index contributed by atoms with van der Waals surface area (Å²) in [5.41, 5.74) is 2.48. The molecule has 0 atom stereocenters. The van der Waals surface area contributed by atoms with Crippen LogP contribution in [0.5, 0.6) is 0 Å². The fraction of sp³-hybridized carbons (Fsp3) is 0.250. The van der Waals surface area contributed by atoms with Gasteiger partial charge < -0.3 is 20.7 Å². The Morgan fingerprint density at radius 3 is 2.00 bits per heavy atom. The van der Waals surface area contributed by atoms with Crippen molar-refractivity contribution in [3.63, 3.8) is 0 Å². The third-order valence-electron chi connectivity index (χ3n) is 3.50. The second-order valence-corrected chi connectivity index (χ2v) is 5.87. The van der Waals surface area contributed by atoms with Gasteiger partial charge in [-0.2, -0.15) is 0 Å². The van der Waals surface area contributed by atoms with Crippen molar-refractivity contribution in [2.24, 2.45) is 0 Å². The third-order valence-corrected chi connectivity index (χ3v) is 3.50. The molecule has 2 aromatic carbocycles. The maximum absolute atomic E-state index is 12.0. The quantitative estimate of drug-likeness (QED) is 0.621. The van der Waals surface area contributed by atoms with Crippen molar-refractivity contribution in [1.29, 1.82) is 0 Å². The van der Waals surface area contributed by atoms with Gasteiger partial charge >= 0.3 is 5.97 Å². The van der Waals surface area contributed by atoms with E-state index in [1.807, 2.05) is 6.92 Å². The van der Waals surface area contributed by atoms with Crippen molar-refractivity contribution in [2.75, 3.05) is 29.1 Å². The molecule has 0 aliphatic carbocycles. The zero-order chi connectivity index (χ0) is 19.6. The maximum atomic E-state index is 12.0. The van der Waals surface area contributed by atoms with Crippen LogP contribution in [0.1, 0.15) is 30.6 Å². The summed E-state index contributed by atoms with van der Waals surface area (Å²) < 4.78 is 5.06. The van der Waals surface area contributed by atoms with Crippen LogP contribution in [0.15, 0.2) is 48.5 Å². The van der Waals surface area contributed by atoms with Crippen molar-refractivity contribution in [1.82, 2.24) is 0 Å². The SMILES string of the molecule is CCCOC(=O)c1ccc(NC(=O)CNc2ccc(NC(C)=O)cc2)cc1. The summed E-state index contributed by atoms with van der Waals surface area (Å²) in [4.78, 5) is 34.8. The first-order valence-electron chi connectivity index (χ1n) is 8.66. The Morgan fingerprint density at radius 2 is 1.41 bits per heavy atom. The molecule has 7 nitrogen and oxygen atoms in total. The van der Waals surface area contributed by atoms with Crippen molar-refractivity contribution < 1.29 is 19.1 Å². The Morgan fingerprint density at radius 1 is 0.852 bits per heavy atom. The van der Waals surface area contributed by atoms with Crippen LogP contribution in [-0.2, 0) is 14.3 Å². The Labute approximate surface area is 158 Å². The van der Waals surface area contributed by atoms with E-state index in [1.54, 1.807) is 48.5 Å². The number of amides is 2. The minimum absolute atomic E-state index is 0.0831. The average molecular weight is 369 g/mol. The number of hydrogen-bond donors (Lipinski definition) is 3. The van der Waals surface area contributed by atoms with Crippen LogP contribution in [0.3, 0.4) is 0 Å². The molecule has 0 radical (unpaired) electrons. The Bertz CT molecular complexity index is 786. The second-order valence-electron chi connectivity index (χ2n) is 5.87. The molecule has 142 valence electrons. The number of ether oxygens (including phenoxy) is 1. The van der Waals surface area contributed by atoms with E-state index in [9.17, 15) is 14.4 Å². The first kappa shape index (κ1) is 20.0. The highest BCUT2D eigenvalue weighted by Gasteiger charge is 2.07. The highest BCUT2D eigenvalue weighted by Crippen LogP contribution is 2.14. The van der Waals surface area contributed by atoms with Crippen LogP contribution in [-0.4, -0.2) is 30.9 Å². The molecule has 0 aromatic heterocycles. The number of anilines is 3. The van der Waals surface area contributed by atoms with Gasteiger partial charge in [0.25, 0.3) is 0 Å². The predicted molar refractivity (Wildman–Crippen MR) is 105 cm³/mol. The van der Waals surface area contributed by atoms with E-state index in [0.29, 0.717) is 23.5 Å². The van der Waals surface area contributed by atoms with Gasteiger partial charge in [-0.1, -0.05) is 6.92 Å². The maximum Gasteiger partial charge on any atom is 0.338 e. The number of nitrogens with one attached hydrogen (secondary N) is 3. The lowest BCUT2D eigenvalue weighted by molar-refractivity contribution is -0.115. The van der Waals surface area contributed by atoms with E-state index in [2.05, 4.69) is 16.0 Å². The molecule has 0 bridgehead atoms. The number of carbonyl (C=O) groups excluding carboxylic acids is 3. The fourth-order valence-corrected chi connectivity index (χ4v) is 2.23. The Hall–Kier alpha value is -3.35. The van der Waals surface area contributed by atoms with E-state index in [-0.39, 0.29) is 24.3 Å². The molecule has 0 aliphatic heterocycles. The number of esters is 1. The van der Waals surface area contributed by atoms with E-state index in [4.69, 9.17) is 4.74 Å². The zero-order valence-corrected chi connectivity index (χ0v) is 15.4. The summed E-state index contributed by atoms with van der Waals surface area (Å²) in [6, 6.07) is 13.6. The van der Waals surface area contributed by atoms with Gasteiger partial charge in [0.05, 0.1) is 18.7 Å². The molecule has 0 spiro atoms. The van der Waals surface area contributed by atoms with Crippen LogP contribution in [0.4, 0.5) is 17.1 Å². The Balaban J connectivity index is 1.81. The van der Waals surface area contributed by atoms with Gasteiger partial charge in [-0.25, -0.2) is 4.79 Å². The van der Waals surface area contributed by atoms with Crippen LogP contribution in [0.25, 0.3) is 0 Å². The lowest BCUT2D eigenvalue weighted by Gasteiger charge is -2.09. The fourth-order valence-electron chi connectivity index (χ4n) is 2.23. The van der Waals surface area contributed by atoms with Crippen molar-refractivity contribution in [2.45, 2.75) is 20.3 Å². The molecule has 0 aliphatic rings. The Kier molecular flexibility index (Phi) is 7.37. The molecule has 0 heterocycles. The van der Waals surface area contributed by atoms with Crippen molar-refractivity contribution in [3.8, 4) is 0 Å². The first-order valence-corrected chi connectivity index (χ1v) is 8.66. The molecule has 0 saturated heterocycles. The van der Waals surface area contributed by atoms with E-state index in [0.717, 1.165) is 12.1 Å². The molecular formula is C20H23N3O4. The van der Waals surface area contributed by atoms with Gasteiger partial charge in [-0.05, 0) is 55.0 Å². The number of carbonyl (C=O) groups is 3. The van der Waals surface area contributed by atoms with E-state index in [1.165, 1.54) is 6.92 Å². The lowest BCUT2D eigenvalue weighted by atomic mass is 10.2. The smallest absolute Gasteiger partial charge is 0.338 e. The summed E-state index contributed by atoms with van der Waals surface area (Å²) in [5, 5.41) is 8.42. The molecule has 7 heteroatoms.